The molecule has 3 heteroatoms. The summed E-state index contributed by atoms with van der Waals surface area (Å²) in [5.41, 5.74) is 0. The maximum atomic E-state index is 2.39. The van der Waals surface area contributed by atoms with E-state index in [1.54, 1.807) is 0 Å². The van der Waals surface area contributed by atoms with Gasteiger partial charge in [-0.3, -0.25) is 0 Å². The Labute approximate surface area is 236 Å². The SMILES string of the molecule is c1ccc([Si]([Si][Si](c2ccccc2)(c2ccccc2)c2ccccc2)(c2ccccc2)c2ccccc2)cc1. The molecule has 0 saturated heterocycles. The fourth-order valence-corrected chi connectivity index (χ4v) is 33.6. The monoisotopic (exact) mass is 546 g/mol. The minimum atomic E-state index is -2.52. The molecule has 6 aromatic rings. The van der Waals surface area contributed by atoms with E-state index in [0.717, 1.165) is 0 Å². The van der Waals surface area contributed by atoms with Gasteiger partial charge < -0.3 is 0 Å². The van der Waals surface area contributed by atoms with Gasteiger partial charge in [-0.1, -0.05) is 213 Å². The second kappa shape index (κ2) is 11.4. The van der Waals surface area contributed by atoms with E-state index >= 15 is 0 Å². The zero-order valence-electron chi connectivity index (χ0n) is 21.8. The van der Waals surface area contributed by atoms with Crippen LogP contribution in [0, 0.1) is 0 Å². The second-order valence-electron chi connectivity index (χ2n) is 9.82. The molecule has 2 radical (unpaired) electrons. The average Bonchev–Trinajstić information content (AvgIpc) is 3.04. The van der Waals surface area contributed by atoms with Gasteiger partial charge in [0.15, 0.2) is 0 Å². The lowest BCUT2D eigenvalue weighted by Gasteiger charge is -2.43. The quantitative estimate of drug-likeness (QED) is 0.200. The van der Waals surface area contributed by atoms with Gasteiger partial charge in [0.1, 0.15) is 15.2 Å². The van der Waals surface area contributed by atoms with Crippen LogP contribution < -0.4 is 31.1 Å². The van der Waals surface area contributed by atoms with E-state index in [1.807, 2.05) is 0 Å². The Hall–Kier alpha value is -4.03. The molecule has 6 aromatic carbocycles. The van der Waals surface area contributed by atoms with Crippen molar-refractivity contribution in [3.05, 3.63) is 182 Å². The van der Waals surface area contributed by atoms with E-state index in [9.17, 15) is 0 Å². The Balaban J connectivity index is 1.76. The van der Waals surface area contributed by atoms with Crippen LogP contribution in [0.5, 0.6) is 0 Å². The van der Waals surface area contributed by atoms with E-state index in [-0.39, 0.29) is 0 Å². The third-order valence-corrected chi connectivity index (χ3v) is 29.8. The molecule has 0 aliphatic carbocycles. The first-order valence-electron chi connectivity index (χ1n) is 13.5. The number of hydrogen-bond acceptors (Lipinski definition) is 0. The van der Waals surface area contributed by atoms with Crippen LogP contribution in [0.1, 0.15) is 0 Å². The van der Waals surface area contributed by atoms with Crippen molar-refractivity contribution in [2.75, 3.05) is 0 Å². The zero-order chi connectivity index (χ0) is 26.4. The van der Waals surface area contributed by atoms with Gasteiger partial charge in [0, 0.05) is 0 Å². The van der Waals surface area contributed by atoms with Crippen LogP contribution in [0.25, 0.3) is 0 Å². The highest BCUT2D eigenvalue weighted by atomic mass is 29.6. The summed E-state index contributed by atoms with van der Waals surface area (Å²) < 4.78 is 0. The first-order valence-corrected chi connectivity index (χ1v) is 20.5. The summed E-state index contributed by atoms with van der Waals surface area (Å²) in [5, 5.41) is 8.84. The van der Waals surface area contributed by atoms with Crippen LogP contribution in [0.2, 0.25) is 0 Å². The summed E-state index contributed by atoms with van der Waals surface area (Å²) in [5.74, 6) is 0. The van der Waals surface area contributed by atoms with Crippen molar-refractivity contribution in [3.63, 3.8) is 0 Å². The lowest BCUT2D eigenvalue weighted by molar-refractivity contribution is 1.69. The molecular weight excluding hydrogens is 517 g/mol. The van der Waals surface area contributed by atoms with Crippen molar-refractivity contribution in [3.8, 4) is 0 Å². The Kier molecular flexibility index (Phi) is 7.37. The number of hydrogen-bond donors (Lipinski definition) is 0. The van der Waals surface area contributed by atoms with Gasteiger partial charge in [0.05, 0.1) is 8.55 Å². The fraction of sp³-hybridized carbons (Fsp3) is 0. The Bertz CT molecular complexity index is 1270. The van der Waals surface area contributed by atoms with E-state index < -0.39 is 15.2 Å². The zero-order valence-corrected chi connectivity index (χ0v) is 24.8. The van der Waals surface area contributed by atoms with E-state index in [2.05, 4.69) is 182 Å². The molecule has 0 aliphatic heterocycles. The lowest BCUT2D eigenvalue weighted by Crippen LogP contribution is -2.84. The maximum Gasteiger partial charge on any atom is 0.132 e. The highest BCUT2D eigenvalue weighted by Crippen LogP contribution is 2.15. The van der Waals surface area contributed by atoms with Gasteiger partial charge in [-0.2, -0.15) is 0 Å². The van der Waals surface area contributed by atoms with Crippen molar-refractivity contribution in [2.45, 2.75) is 0 Å². The lowest BCUT2D eigenvalue weighted by atomic mass is 10.3. The van der Waals surface area contributed by atoms with Crippen molar-refractivity contribution in [1.82, 2.24) is 0 Å². The summed E-state index contributed by atoms with van der Waals surface area (Å²) in [4.78, 5) is 0. The van der Waals surface area contributed by atoms with Gasteiger partial charge in [-0.25, -0.2) is 0 Å². The molecule has 0 aromatic heterocycles. The molecule has 6 rings (SSSR count). The van der Waals surface area contributed by atoms with Gasteiger partial charge >= 0.3 is 0 Å². The number of rotatable bonds is 8. The summed E-state index contributed by atoms with van der Waals surface area (Å²) in [7, 11) is -4.34. The molecule has 0 amide bonds. The third kappa shape index (κ3) is 4.70. The first-order chi connectivity index (χ1) is 19.3. The Morgan fingerprint density at radius 1 is 0.231 bits per heavy atom. The summed E-state index contributed by atoms with van der Waals surface area (Å²) >= 11 is 0. The maximum absolute atomic E-state index is 2.52. The molecule has 0 atom stereocenters. The highest BCUT2D eigenvalue weighted by molar-refractivity contribution is 7.69. The smallest absolute Gasteiger partial charge is 0.0625 e. The van der Waals surface area contributed by atoms with Crippen molar-refractivity contribution in [1.29, 1.82) is 0 Å². The summed E-state index contributed by atoms with van der Waals surface area (Å²) in [6, 6.07) is 68.3. The molecule has 0 aliphatic rings. The molecule has 0 saturated carbocycles. The van der Waals surface area contributed by atoms with Crippen LogP contribution in [0.15, 0.2) is 182 Å². The molecular formula is C36H30Si3. The highest BCUT2D eigenvalue weighted by Gasteiger charge is 2.51. The summed E-state index contributed by atoms with van der Waals surface area (Å²) in [6.45, 7) is 0. The molecule has 0 spiro atoms. The average molecular weight is 547 g/mol. The molecule has 39 heavy (non-hydrogen) atoms. The van der Waals surface area contributed by atoms with Crippen molar-refractivity contribution in [2.24, 2.45) is 0 Å². The molecule has 0 unspecified atom stereocenters. The van der Waals surface area contributed by atoms with Crippen molar-refractivity contribution < 1.29 is 0 Å². The minimum Gasteiger partial charge on any atom is -0.0625 e. The van der Waals surface area contributed by atoms with Gasteiger partial charge in [0.2, 0.25) is 0 Å². The molecule has 0 N–H and O–H groups in total. The standard InChI is InChI=1S/C36H30Si3/c1-7-19-31(20-8-1)38(32-21-9-2-10-22-32,33-23-11-3-12-24-33)37-39(34-25-13-4-14-26-34,35-27-15-5-16-28-35)36-29-17-6-18-30-36/h1-30H. The van der Waals surface area contributed by atoms with Gasteiger partial charge in [-0.15, -0.1) is 0 Å². The molecule has 0 fully saturated rings. The van der Waals surface area contributed by atoms with Crippen LogP contribution in [-0.2, 0) is 0 Å². The largest absolute Gasteiger partial charge is 0.132 e. The van der Waals surface area contributed by atoms with E-state index in [1.165, 1.54) is 31.1 Å². The van der Waals surface area contributed by atoms with Crippen molar-refractivity contribution >= 4 is 54.9 Å². The molecule has 0 bridgehead atoms. The van der Waals surface area contributed by atoms with Crippen LogP contribution >= 0.6 is 0 Å². The topological polar surface area (TPSA) is 0 Å². The van der Waals surface area contributed by atoms with Crippen LogP contribution in [0.4, 0.5) is 0 Å². The molecule has 186 valence electrons. The predicted molar refractivity (Wildman–Crippen MR) is 174 cm³/mol. The predicted octanol–water partition coefficient (Wildman–Crippen LogP) is 4.02. The Morgan fingerprint density at radius 2 is 0.385 bits per heavy atom. The minimum absolute atomic E-state index is 0.697. The normalized spacial score (nSPS) is 11.7. The summed E-state index contributed by atoms with van der Waals surface area (Å²) in [6.07, 6.45) is 0. The number of benzene rings is 6. The Morgan fingerprint density at radius 3 is 0.538 bits per heavy atom. The van der Waals surface area contributed by atoms with Gasteiger partial charge in [0.25, 0.3) is 0 Å². The second-order valence-corrected chi connectivity index (χ2v) is 24.0. The third-order valence-electron chi connectivity index (χ3n) is 7.62. The van der Waals surface area contributed by atoms with Gasteiger partial charge in [-0.05, 0) is 0 Å². The van der Waals surface area contributed by atoms with E-state index in [0.29, 0.717) is 8.55 Å². The molecule has 0 heterocycles. The first kappa shape index (κ1) is 25.3. The van der Waals surface area contributed by atoms with Crippen LogP contribution in [0.3, 0.4) is 0 Å². The van der Waals surface area contributed by atoms with E-state index in [4.69, 9.17) is 0 Å². The molecule has 0 nitrogen and oxygen atoms in total. The van der Waals surface area contributed by atoms with Crippen LogP contribution in [-0.4, -0.2) is 23.7 Å². The fourth-order valence-electron chi connectivity index (χ4n) is 5.84.